The minimum atomic E-state index is -0.372. The highest BCUT2D eigenvalue weighted by molar-refractivity contribution is 6.35. The Morgan fingerprint density at radius 1 is 1.19 bits per heavy atom. The molecule has 0 aromatic heterocycles. The fourth-order valence-electron chi connectivity index (χ4n) is 4.10. The Morgan fingerprint density at radius 3 is 2.77 bits per heavy atom. The smallest absolute Gasteiger partial charge is 0.165 e. The summed E-state index contributed by atoms with van der Waals surface area (Å²) in [5.74, 6) is -0.129. The molecule has 4 rings (SSSR count). The van der Waals surface area contributed by atoms with Crippen LogP contribution in [0.5, 0.6) is 5.75 Å². The van der Waals surface area contributed by atoms with Crippen LogP contribution in [0.25, 0.3) is 0 Å². The van der Waals surface area contributed by atoms with Gasteiger partial charge in [0, 0.05) is 28.2 Å². The van der Waals surface area contributed by atoms with E-state index in [1.807, 2.05) is 6.07 Å². The first kappa shape index (κ1) is 18.1. The summed E-state index contributed by atoms with van der Waals surface area (Å²) in [4.78, 5) is 2.35. The number of hydrogen-bond acceptors (Lipinski definition) is 3. The minimum Gasteiger partial charge on any atom is -0.481 e. The number of fused-ring (bicyclic) bond motifs is 1. The molecule has 0 saturated carbocycles. The van der Waals surface area contributed by atoms with Crippen LogP contribution in [0.1, 0.15) is 30.1 Å². The molecule has 1 saturated heterocycles. The summed E-state index contributed by atoms with van der Waals surface area (Å²) in [6, 6.07) is 10.3. The molecule has 2 aromatic rings. The molecule has 3 atom stereocenters. The second-order valence-corrected chi connectivity index (χ2v) is 7.94. The maximum Gasteiger partial charge on any atom is 0.165 e. The van der Waals surface area contributed by atoms with E-state index in [0.717, 1.165) is 43.5 Å². The van der Waals surface area contributed by atoms with Gasteiger partial charge in [0.1, 0.15) is 6.10 Å². The van der Waals surface area contributed by atoms with Gasteiger partial charge in [-0.25, -0.2) is 4.39 Å². The van der Waals surface area contributed by atoms with Gasteiger partial charge in [-0.1, -0.05) is 35.3 Å². The van der Waals surface area contributed by atoms with Crippen molar-refractivity contribution in [2.75, 3.05) is 13.1 Å². The Kier molecular flexibility index (Phi) is 5.11. The predicted molar refractivity (Wildman–Crippen MR) is 103 cm³/mol. The number of nitrogens with two attached hydrogens (primary N) is 1. The SMILES string of the molecule is N[C@@H]1CCCN([C@H]2Cc3c(Cl)cc(Cl)cc3[C@@H]2Oc2ccccc2F)C1. The third-order valence-electron chi connectivity index (χ3n) is 5.31. The number of ether oxygens (including phenoxy) is 1. The van der Waals surface area contributed by atoms with Crippen molar-refractivity contribution in [2.24, 2.45) is 5.73 Å². The average Bonchev–Trinajstić information content (AvgIpc) is 2.96. The molecule has 138 valence electrons. The normalized spacial score (nSPS) is 25.9. The zero-order valence-electron chi connectivity index (χ0n) is 14.3. The molecule has 0 unspecified atom stereocenters. The molecule has 0 radical (unpaired) electrons. The molecule has 6 heteroatoms. The summed E-state index contributed by atoms with van der Waals surface area (Å²) < 4.78 is 20.4. The number of hydrogen-bond donors (Lipinski definition) is 1. The lowest BCUT2D eigenvalue weighted by molar-refractivity contribution is 0.0571. The molecule has 1 aliphatic carbocycles. The molecule has 1 aliphatic heterocycles. The van der Waals surface area contributed by atoms with Crippen LogP contribution in [0.4, 0.5) is 4.39 Å². The van der Waals surface area contributed by atoms with Crippen LogP contribution in [0.2, 0.25) is 10.0 Å². The van der Waals surface area contributed by atoms with Crippen LogP contribution < -0.4 is 10.5 Å². The van der Waals surface area contributed by atoms with Gasteiger partial charge < -0.3 is 10.5 Å². The van der Waals surface area contributed by atoms with E-state index in [1.54, 1.807) is 24.3 Å². The Hall–Kier alpha value is -1.33. The maximum atomic E-state index is 14.2. The number of para-hydroxylation sites is 1. The molecule has 0 amide bonds. The summed E-state index contributed by atoms with van der Waals surface area (Å²) in [7, 11) is 0. The molecule has 0 bridgehead atoms. The quantitative estimate of drug-likeness (QED) is 0.826. The van der Waals surface area contributed by atoms with Crippen molar-refractivity contribution in [3.05, 3.63) is 63.4 Å². The number of halogens is 3. The van der Waals surface area contributed by atoms with Crippen LogP contribution in [0, 0.1) is 5.82 Å². The number of piperidine rings is 1. The Balaban J connectivity index is 1.71. The number of likely N-dealkylation sites (tertiary alicyclic amines) is 1. The zero-order valence-corrected chi connectivity index (χ0v) is 15.8. The van der Waals surface area contributed by atoms with E-state index in [4.69, 9.17) is 33.7 Å². The van der Waals surface area contributed by atoms with Gasteiger partial charge in [0.25, 0.3) is 0 Å². The molecule has 0 spiro atoms. The predicted octanol–water partition coefficient (Wildman–Crippen LogP) is 4.60. The molecule has 1 heterocycles. The van der Waals surface area contributed by atoms with Crippen molar-refractivity contribution < 1.29 is 9.13 Å². The second-order valence-electron chi connectivity index (χ2n) is 7.09. The van der Waals surface area contributed by atoms with E-state index in [1.165, 1.54) is 6.07 Å². The molecule has 26 heavy (non-hydrogen) atoms. The van der Waals surface area contributed by atoms with Crippen molar-refractivity contribution in [1.82, 2.24) is 4.90 Å². The maximum absolute atomic E-state index is 14.2. The fraction of sp³-hybridized carbons (Fsp3) is 0.400. The van der Waals surface area contributed by atoms with Crippen LogP contribution in [0.15, 0.2) is 36.4 Å². The molecule has 2 N–H and O–H groups in total. The summed E-state index contributed by atoms with van der Waals surface area (Å²) >= 11 is 12.7. The molecular weight excluding hydrogens is 374 g/mol. The minimum absolute atomic E-state index is 0.0620. The lowest BCUT2D eigenvalue weighted by Gasteiger charge is -2.38. The molecular formula is C20H21Cl2FN2O. The van der Waals surface area contributed by atoms with Gasteiger partial charge in [-0.2, -0.15) is 0 Å². The summed E-state index contributed by atoms with van der Waals surface area (Å²) in [6.45, 7) is 1.76. The Bertz CT molecular complexity index is 816. The van der Waals surface area contributed by atoms with Crippen molar-refractivity contribution >= 4 is 23.2 Å². The van der Waals surface area contributed by atoms with Crippen LogP contribution in [0.3, 0.4) is 0 Å². The second kappa shape index (κ2) is 7.35. The van der Waals surface area contributed by atoms with Gasteiger partial charge in [0.05, 0.1) is 6.04 Å². The Labute approximate surface area is 162 Å². The van der Waals surface area contributed by atoms with Crippen molar-refractivity contribution in [1.29, 1.82) is 0 Å². The molecule has 3 nitrogen and oxygen atoms in total. The number of rotatable bonds is 3. The highest BCUT2D eigenvalue weighted by Crippen LogP contribution is 2.43. The van der Waals surface area contributed by atoms with Crippen molar-refractivity contribution in [2.45, 2.75) is 37.5 Å². The summed E-state index contributed by atoms with van der Waals surface area (Å²) in [5.41, 5.74) is 8.15. The van der Waals surface area contributed by atoms with E-state index in [9.17, 15) is 4.39 Å². The summed E-state index contributed by atoms with van der Waals surface area (Å²) in [5, 5.41) is 1.20. The largest absolute Gasteiger partial charge is 0.481 e. The van der Waals surface area contributed by atoms with Gasteiger partial charge in [-0.05, 0) is 55.6 Å². The van der Waals surface area contributed by atoms with Gasteiger partial charge in [0.15, 0.2) is 11.6 Å². The molecule has 1 fully saturated rings. The lowest BCUT2D eigenvalue weighted by atomic mass is 10.0. The lowest BCUT2D eigenvalue weighted by Crippen LogP contribution is -2.49. The monoisotopic (exact) mass is 394 g/mol. The first-order valence-corrected chi connectivity index (χ1v) is 9.67. The molecule has 2 aromatic carbocycles. The first-order chi connectivity index (χ1) is 12.5. The number of nitrogens with zero attached hydrogens (tertiary/aromatic N) is 1. The highest BCUT2D eigenvalue weighted by atomic mass is 35.5. The summed E-state index contributed by atoms with van der Waals surface area (Å²) in [6.07, 6.45) is 2.50. The fourth-order valence-corrected chi connectivity index (χ4v) is 4.68. The standard InChI is InChI=1S/C20H21Cl2FN2O/c21-12-8-15-14(16(22)9-12)10-18(25-7-3-4-13(24)11-25)20(15)26-19-6-2-1-5-17(19)23/h1-2,5-6,8-9,13,18,20H,3-4,7,10-11,24H2/t13-,18+,20+/m1/s1. The molecule has 2 aliphatic rings. The van der Waals surface area contributed by atoms with E-state index in [0.29, 0.717) is 10.0 Å². The third kappa shape index (κ3) is 3.44. The number of benzene rings is 2. The first-order valence-electron chi connectivity index (χ1n) is 8.91. The third-order valence-corrected chi connectivity index (χ3v) is 5.87. The highest BCUT2D eigenvalue weighted by Gasteiger charge is 2.40. The van der Waals surface area contributed by atoms with E-state index >= 15 is 0 Å². The van der Waals surface area contributed by atoms with Gasteiger partial charge >= 0.3 is 0 Å². The van der Waals surface area contributed by atoms with Crippen LogP contribution >= 0.6 is 23.2 Å². The Morgan fingerprint density at radius 2 is 2.00 bits per heavy atom. The topological polar surface area (TPSA) is 38.5 Å². The van der Waals surface area contributed by atoms with Crippen LogP contribution in [-0.2, 0) is 6.42 Å². The van der Waals surface area contributed by atoms with Gasteiger partial charge in [-0.3, -0.25) is 4.90 Å². The van der Waals surface area contributed by atoms with Crippen LogP contribution in [-0.4, -0.2) is 30.1 Å². The van der Waals surface area contributed by atoms with E-state index in [2.05, 4.69) is 4.90 Å². The van der Waals surface area contributed by atoms with E-state index in [-0.39, 0.29) is 29.8 Å². The van der Waals surface area contributed by atoms with Gasteiger partial charge in [0.2, 0.25) is 0 Å². The van der Waals surface area contributed by atoms with Crippen molar-refractivity contribution in [3.8, 4) is 5.75 Å². The van der Waals surface area contributed by atoms with Crippen molar-refractivity contribution in [3.63, 3.8) is 0 Å². The van der Waals surface area contributed by atoms with E-state index < -0.39 is 0 Å². The van der Waals surface area contributed by atoms with Gasteiger partial charge in [-0.15, -0.1) is 0 Å². The zero-order chi connectivity index (χ0) is 18.3. The average molecular weight is 395 g/mol.